The summed E-state index contributed by atoms with van der Waals surface area (Å²) in [6.07, 6.45) is 22.0. The average molecular weight is 509 g/mol. The number of rotatable bonds is 11. The Morgan fingerprint density at radius 3 is 2.19 bits per heavy atom. The molecular weight excluding hydrogens is 456 g/mol. The van der Waals surface area contributed by atoms with Gasteiger partial charge in [0.15, 0.2) is 0 Å². The standard InChI is InChI=1S/C33H52O2Si/c1-24(16-12-20-29-18-9-10-19-29)14-11-15-25(2)17-13-22-33(6)23-21-30-28(5)31(35-36(7)8)26(3)27(4)32(30)34-33/h14,17,20,36H,9-13,15-16,18-19,21-23H2,1-8H3/b24-14+,25-17+/t33-/m1/s1. The van der Waals surface area contributed by atoms with Crippen molar-refractivity contribution in [2.75, 3.05) is 0 Å². The molecule has 2 aliphatic rings. The number of hydrogen-bond donors (Lipinski definition) is 0. The van der Waals surface area contributed by atoms with Crippen LogP contribution in [0.25, 0.3) is 0 Å². The van der Waals surface area contributed by atoms with E-state index in [0.717, 1.165) is 50.0 Å². The summed E-state index contributed by atoms with van der Waals surface area (Å²) in [5, 5.41) is 0. The molecule has 3 heteroatoms. The summed E-state index contributed by atoms with van der Waals surface area (Å²) in [6.45, 7) is 18.0. The van der Waals surface area contributed by atoms with Gasteiger partial charge in [-0.2, -0.15) is 0 Å². The monoisotopic (exact) mass is 508 g/mol. The predicted octanol–water partition coefficient (Wildman–Crippen LogP) is 9.79. The first kappa shape index (κ1) is 28.8. The van der Waals surface area contributed by atoms with Crippen molar-refractivity contribution >= 4 is 9.04 Å². The lowest BCUT2D eigenvalue weighted by molar-refractivity contribution is 0.0559. The third-order valence-electron chi connectivity index (χ3n) is 8.33. The number of fused-ring (bicyclic) bond motifs is 1. The van der Waals surface area contributed by atoms with E-state index in [1.807, 2.05) is 0 Å². The van der Waals surface area contributed by atoms with Gasteiger partial charge < -0.3 is 9.16 Å². The molecular formula is C33H52O2Si. The zero-order valence-corrected chi connectivity index (χ0v) is 25.8. The fourth-order valence-corrected chi connectivity index (χ4v) is 6.61. The number of benzene rings is 1. The zero-order chi connectivity index (χ0) is 26.3. The van der Waals surface area contributed by atoms with E-state index in [1.165, 1.54) is 66.4 Å². The van der Waals surface area contributed by atoms with Gasteiger partial charge in [0, 0.05) is 5.56 Å². The van der Waals surface area contributed by atoms with Gasteiger partial charge in [-0.15, -0.1) is 0 Å². The van der Waals surface area contributed by atoms with Crippen molar-refractivity contribution < 1.29 is 9.16 Å². The normalized spacial score (nSPS) is 20.5. The molecule has 1 fully saturated rings. The summed E-state index contributed by atoms with van der Waals surface area (Å²) < 4.78 is 13.1. The van der Waals surface area contributed by atoms with Gasteiger partial charge in [-0.05, 0) is 148 Å². The van der Waals surface area contributed by atoms with Crippen LogP contribution in [-0.4, -0.2) is 14.6 Å². The van der Waals surface area contributed by atoms with Gasteiger partial charge in [-0.25, -0.2) is 0 Å². The highest BCUT2D eigenvalue weighted by Crippen LogP contribution is 2.45. The zero-order valence-electron chi connectivity index (χ0n) is 24.6. The summed E-state index contributed by atoms with van der Waals surface area (Å²) in [4.78, 5) is 0. The van der Waals surface area contributed by atoms with E-state index in [-0.39, 0.29) is 5.60 Å². The molecule has 200 valence electrons. The SMILES string of the molecule is C/C(=C\CC/C(C)=C/CC[C@]1(C)CCc2c(C)c(O[SiH](C)C)c(C)c(C)c2O1)CCC=C1CCCC1. The summed E-state index contributed by atoms with van der Waals surface area (Å²) in [5.41, 5.74) is 9.85. The maximum atomic E-state index is 6.75. The van der Waals surface area contributed by atoms with Gasteiger partial charge in [0.25, 0.3) is 0 Å². The van der Waals surface area contributed by atoms with E-state index in [2.05, 4.69) is 72.9 Å². The first-order chi connectivity index (χ1) is 17.1. The quantitative estimate of drug-likeness (QED) is 0.219. The Bertz CT molecular complexity index is 990. The molecule has 1 heterocycles. The average Bonchev–Trinajstić information content (AvgIpc) is 3.34. The Morgan fingerprint density at radius 1 is 0.889 bits per heavy atom. The number of allylic oxidation sites excluding steroid dienone is 6. The molecule has 1 aliphatic carbocycles. The van der Waals surface area contributed by atoms with Crippen LogP contribution in [0.4, 0.5) is 0 Å². The van der Waals surface area contributed by atoms with Crippen molar-refractivity contribution in [3.05, 3.63) is 57.2 Å². The highest BCUT2D eigenvalue weighted by atomic mass is 28.3. The van der Waals surface area contributed by atoms with Crippen LogP contribution in [-0.2, 0) is 6.42 Å². The molecule has 0 N–H and O–H groups in total. The Morgan fingerprint density at radius 2 is 1.53 bits per heavy atom. The fraction of sp³-hybridized carbons (Fsp3) is 0.636. The lowest BCUT2D eigenvalue weighted by Crippen LogP contribution is -2.37. The topological polar surface area (TPSA) is 18.5 Å². The van der Waals surface area contributed by atoms with Crippen LogP contribution in [0.2, 0.25) is 13.1 Å². The second kappa shape index (κ2) is 13.2. The summed E-state index contributed by atoms with van der Waals surface area (Å²) in [5.74, 6) is 2.25. The second-order valence-corrected chi connectivity index (χ2v) is 14.4. The van der Waals surface area contributed by atoms with E-state index in [4.69, 9.17) is 9.16 Å². The molecule has 3 rings (SSSR count). The Balaban J connectivity index is 1.49. The van der Waals surface area contributed by atoms with Crippen LogP contribution in [0.5, 0.6) is 11.5 Å². The maximum absolute atomic E-state index is 6.75. The highest BCUT2D eigenvalue weighted by molar-refractivity contribution is 6.49. The van der Waals surface area contributed by atoms with Gasteiger partial charge in [-0.1, -0.05) is 34.9 Å². The molecule has 1 aromatic rings. The first-order valence-corrected chi connectivity index (χ1v) is 17.3. The van der Waals surface area contributed by atoms with Gasteiger partial charge in [0.2, 0.25) is 9.04 Å². The molecule has 1 aliphatic heterocycles. The highest BCUT2D eigenvalue weighted by Gasteiger charge is 2.34. The van der Waals surface area contributed by atoms with Crippen molar-refractivity contribution in [2.24, 2.45) is 0 Å². The van der Waals surface area contributed by atoms with E-state index in [0.29, 0.717) is 0 Å². The van der Waals surface area contributed by atoms with Crippen LogP contribution in [0, 0.1) is 20.8 Å². The third kappa shape index (κ3) is 7.88. The first-order valence-electron chi connectivity index (χ1n) is 14.6. The van der Waals surface area contributed by atoms with Gasteiger partial charge in [-0.3, -0.25) is 0 Å². The Labute approximate surface area is 224 Å². The van der Waals surface area contributed by atoms with Crippen molar-refractivity contribution in [3.8, 4) is 11.5 Å². The van der Waals surface area contributed by atoms with E-state index in [9.17, 15) is 0 Å². The van der Waals surface area contributed by atoms with E-state index in [1.54, 1.807) is 11.1 Å². The van der Waals surface area contributed by atoms with Crippen LogP contribution < -0.4 is 9.16 Å². The Kier molecular flexibility index (Phi) is 10.5. The smallest absolute Gasteiger partial charge is 0.229 e. The molecule has 1 aromatic carbocycles. The minimum Gasteiger partial charge on any atom is -0.547 e. The van der Waals surface area contributed by atoms with Crippen molar-refractivity contribution in [1.29, 1.82) is 0 Å². The molecule has 0 bridgehead atoms. The van der Waals surface area contributed by atoms with E-state index >= 15 is 0 Å². The molecule has 0 spiro atoms. The number of ether oxygens (including phenoxy) is 1. The minimum atomic E-state index is -1.14. The molecule has 0 aromatic heterocycles. The second-order valence-electron chi connectivity index (χ2n) is 12.0. The van der Waals surface area contributed by atoms with Crippen molar-refractivity contribution in [2.45, 2.75) is 137 Å². The summed E-state index contributed by atoms with van der Waals surface area (Å²) in [6, 6.07) is 0. The minimum absolute atomic E-state index is 0.0904. The predicted molar refractivity (Wildman–Crippen MR) is 159 cm³/mol. The molecule has 0 saturated heterocycles. The largest absolute Gasteiger partial charge is 0.547 e. The molecule has 2 nitrogen and oxygen atoms in total. The summed E-state index contributed by atoms with van der Waals surface area (Å²) >= 11 is 0. The van der Waals surface area contributed by atoms with Crippen LogP contribution >= 0.6 is 0 Å². The van der Waals surface area contributed by atoms with Crippen LogP contribution in [0.3, 0.4) is 0 Å². The van der Waals surface area contributed by atoms with Crippen molar-refractivity contribution in [3.63, 3.8) is 0 Å². The van der Waals surface area contributed by atoms with Crippen LogP contribution in [0.1, 0.15) is 114 Å². The van der Waals surface area contributed by atoms with Crippen LogP contribution in [0.15, 0.2) is 34.9 Å². The molecule has 1 atom stereocenters. The van der Waals surface area contributed by atoms with Gasteiger partial charge in [0.05, 0.1) is 0 Å². The van der Waals surface area contributed by atoms with Gasteiger partial charge in [0.1, 0.15) is 17.1 Å². The fourth-order valence-electron chi connectivity index (χ4n) is 5.78. The molecule has 1 saturated carbocycles. The lowest BCUT2D eigenvalue weighted by Gasteiger charge is -2.38. The molecule has 0 radical (unpaired) electrons. The van der Waals surface area contributed by atoms with E-state index < -0.39 is 9.04 Å². The summed E-state index contributed by atoms with van der Waals surface area (Å²) in [7, 11) is -1.14. The Hall–Kier alpha value is -1.74. The lowest BCUT2D eigenvalue weighted by atomic mass is 9.85. The maximum Gasteiger partial charge on any atom is 0.229 e. The number of hydrogen-bond acceptors (Lipinski definition) is 2. The molecule has 0 amide bonds. The molecule has 0 unspecified atom stereocenters. The van der Waals surface area contributed by atoms with Crippen molar-refractivity contribution in [1.82, 2.24) is 0 Å². The molecule has 36 heavy (non-hydrogen) atoms. The third-order valence-corrected chi connectivity index (χ3v) is 9.04. The van der Waals surface area contributed by atoms with Gasteiger partial charge >= 0.3 is 0 Å².